The number of methoxy groups -OCH3 is 1. The van der Waals surface area contributed by atoms with E-state index in [1.807, 2.05) is 0 Å². The summed E-state index contributed by atoms with van der Waals surface area (Å²) in [6, 6.07) is 15.6. The Bertz CT molecular complexity index is 916. The molecule has 0 atom stereocenters. The number of aryl methyl sites for hydroxylation is 2. The van der Waals surface area contributed by atoms with Gasteiger partial charge >= 0.3 is 0 Å². The highest BCUT2D eigenvalue weighted by atomic mass is 16.5. The van der Waals surface area contributed by atoms with Crippen molar-refractivity contribution in [2.75, 3.05) is 13.7 Å². The first-order chi connectivity index (χ1) is 14.2. The molecule has 0 unspecified atom stereocenters. The van der Waals surface area contributed by atoms with Crippen molar-refractivity contribution in [3.63, 3.8) is 0 Å². The van der Waals surface area contributed by atoms with Gasteiger partial charge in [-0.3, -0.25) is 4.79 Å². The van der Waals surface area contributed by atoms with Crippen molar-refractivity contribution in [2.24, 2.45) is 0 Å². The maximum atomic E-state index is 12.2. The molecule has 29 heavy (non-hydrogen) atoms. The molecule has 0 bridgehead atoms. The molecule has 1 heterocycles. The van der Waals surface area contributed by atoms with E-state index in [2.05, 4.69) is 41.1 Å². The fraction of sp³-hybridized carbons (Fsp3) is 0.417. The largest absolute Gasteiger partial charge is 0.497 e. The Labute approximate surface area is 173 Å². The number of carbonyl (C=O) groups excluding carboxylic acids is 1. The number of amides is 1. The molecule has 5 heteroatoms. The monoisotopic (exact) mass is 393 g/mol. The van der Waals surface area contributed by atoms with E-state index in [0.717, 1.165) is 43.5 Å². The van der Waals surface area contributed by atoms with Crippen LogP contribution < -0.4 is 10.1 Å². The number of para-hydroxylation sites is 2. The predicted molar refractivity (Wildman–Crippen MR) is 118 cm³/mol. The minimum absolute atomic E-state index is 0.0333. The number of hydrogen-bond donors (Lipinski definition) is 1. The van der Waals surface area contributed by atoms with Crippen LogP contribution in [0, 0.1) is 0 Å². The molecule has 1 amide bonds. The smallest absolute Gasteiger partial charge is 0.251 e. The molecule has 0 aliphatic heterocycles. The van der Waals surface area contributed by atoms with E-state index in [1.54, 1.807) is 31.4 Å². The second-order valence-corrected chi connectivity index (χ2v) is 7.32. The Morgan fingerprint density at radius 1 is 1.03 bits per heavy atom. The first-order valence-electron chi connectivity index (χ1n) is 10.6. The molecule has 0 saturated carbocycles. The lowest BCUT2D eigenvalue weighted by Crippen LogP contribution is -2.24. The van der Waals surface area contributed by atoms with Crippen molar-refractivity contribution in [1.29, 1.82) is 0 Å². The number of carbonyl (C=O) groups is 1. The number of nitrogens with one attached hydrogen (secondary N) is 1. The maximum Gasteiger partial charge on any atom is 0.251 e. The highest BCUT2D eigenvalue weighted by molar-refractivity contribution is 5.94. The summed E-state index contributed by atoms with van der Waals surface area (Å²) in [4.78, 5) is 17.0. The minimum Gasteiger partial charge on any atom is -0.497 e. The number of fused-ring (bicyclic) bond motifs is 1. The number of benzene rings is 2. The fourth-order valence-electron chi connectivity index (χ4n) is 3.51. The summed E-state index contributed by atoms with van der Waals surface area (Å²) < 4.78 is 7.50. The molecule has 0 fully saturated rings. The molecule has 1 aromatic heterocycles. The van der Waals surface area contributed by atoms with Crippen LogP contribution in [0.25, 0.3) is 11.0 Å². The summed E-state index contributed by atoms with van der Waals surface area (Å²) in [5, 5.41) is 3.00. The van der Waals surface area contributed by atoms with E-state index in [1.165, 1.54) is 24.2 Å². The van der Waals surface area contributed by atoms with Crippen molar-refractivity contribution >= 4 is 16.9 Å². The standard InChI is InChI=1S/C24H31N3O2/c1-3-4-18-27-22-11-8-7-10-21(22)26-23(27)12-6-5-9-17-25-24(28)19-13-15-20(29-2)16-14-19/h7-8,10-11,13-16H,3-6,9,12,17-18H2,1-2H3,(H,25,28). The van der Waals surface area contributed by atoms with E-state index in [4.69, 9.17) is 9.72 Å². The van der Waals surface area contributed by atoms with Gasteiger partial charge in [0.15, 0.2) is 0 Å². The van der Waals surface area contributed by atoms with Crippen molar-refractivity contribution < 1.29 is 9.53 Å². The number of ether oxygens (including phenoxy) is 1. The van der Waals surface area contributed by atoms with Crippen LogP contribution in [0.3, 0.4) is 0 Å². The lowest BCUT2D eigenvalue weighted by Gasteiger charge is -2.09. The van der Waals surface area contributed by atoms with E-state index >= 15 is 0 Å². The number of rotatable bonds is 11. The summed E-state index contributed by atoms with van der Waals surface area (Å²) in [5.41, 5.74) is 2.99. The van der Waals surface area contributed by atoms with Crippen LogP contribution in [0.4, 0.5) is 0 Å². The Balaban J connectivity index is 1.44. The van der Waals surface area contributed by atoms with Gasteiger partial charge in [0.25, 0.3) is 5.91 Å². The first-order valence-corrected chi connectivity index (χ1v) is 10.6. The summed E-state index contributed by atoms with van der Waals surface area (Å²) in [7, 11) is 1.62. The highest BCUT2D eigenvalue weighted by Crippen LogP contribution is 2.18. The third-order valence-corrected chi connectivity index (χ3v) is 5.18. The van der Waals surface area contributed by atoms with E-state index in [-0.39, 0.29) is 5.91 Å². The van der Waals surface area contributed by atoms with Gasteiger partial charge in [-0.25, -0.2) is 4.98 Å². The van der Waals surface area contributed by atoms with Gasteiger partial charge < -0.3 is 14.6 Å². The van der Waals surface area contributed by atoms with Gasteiger partial charge in [-0.1, -0.05) is 31.9 Å². The molecular weight excluding hydrogens is 362 g/mol. The predicted octanol–water partition coefficient (Wildman–Crippen LogP) is 4.99. The van der Waals surface area contributed by atoms with Gasteiger partial charge in [0.2, 0.25) is 0 Å². The van der Waals surface area contributed by atoms with Crippen LogP contribution in [0.2, 0.25) is 0 Å². The third kappa shape index (κ3) is 5.59. The zero-order valence-electron chi connectivity index (χ0n) is 17.5. The summed E-state index contributed by atoms with van der Waals surface area (Å²) >= 11 is 0. The molecule has 1 N–H and O–H groups in total. The quantitative estimate of drug-likeness (QED) is 0.467. The average molecular weight is 394 g/mol. The van der Waals surface area contributed by atoms with Gasteiger partial charge in [0.05, 0.1) is 18.1 Å². The summed E-state index contributed by atoms with van der Waals surface area (Å²) in [6.07, 6.45) is 6.44. The first kappa shape index (κ1) is 20.9. The Morgan fingerprint density at radius 2 is 1.83 bits per heavy atom. The van der Waals surface area contributed by atoms with Crippen LogP contribution in [0.5, 0.6) is 5.75 Å². The summed E-state index contributed by atoms with van der Waals surface area (Å²) in [5.74, 6) is 1.91. The van der Waals surface area contributed by atoms with Gasteiger partial charge in [-0.2, -0.15) is 0 Å². The number of aromatic nitrogens is 2. The van der Waals surface area contributed by atoms with Gasteiger partial charge in [-0.15, -0.1) is 0 Å². The van der Waals surface area contributed by atoms with E-state index in [0.29, 0.717) is 12.1 Å². The molecule has 0 aliphatic carbocycles. The van der Waals surface area contributed by atoms with E-state index < -0.39 is 0 Å². The number of hydrogen-bond acceptors (Lipinski definition) is 3. The van der Waals surface area contributed by atoms with Crippen LogP contribution in [-0.2, 0) is 13.0 Å². The maximum absolute atomic E-state index is 12.2. The van der Waals surface area contributed by atoms with Gasteiger partial charge in [0.1, 0.15) is 11.6 Å². The molecule has 3 rings (SSSR count). The molecule has 2 aromatic carbocycles. The molecular formula is C24H31N3O2. The lowest BCUT2D eigenvalue weighted by molar-refractivity contribution is 0.0953. The highest BCUT2D eigenvalue weighted by Gasteiger charge is 2.10. The summed E-state index contributed by atoms with van der Waals surface area (Å²) in [6.45, 7) is 3.94. The van der Waals surface area contributed by atoms with Crippen LogP contribution >= 0.6 is 0 Å². The number of unbranched alkanes of at least 4 members (excludes halogenated alkanes) is 3. The van der Waals surface area contributed by atoms with Crippen LogP contribution in [0.15, 0.2) is 48.5 Å². The van der Waals surface area contributed by atoms with Crippen molar-refractivity contribution in [3.05, 3.63) is 59.9 Å². The zero-order valence-corrected chi connectivity index (χ0v) is 17.5. The average Bonchev–Trinajstić information content (AvgIpc) is 3.11. The zero-order chi connectivity index (χ0) is 20.5. The molecule has 0 spiro atoms. The number of imidazole rings is 1. The fourth-order valence-corrected chi connectivity index (χ4v) is 3.51. The SMILES string of the molecule is CCCCn1c(CCCCCNC(=O)c2ccc(OC)cc2)nc2ccccc21. The number of nitrogens with zero attached hydrogens (tertiary/aromatic N) is 2. The molecule has 5 nitrogen and oxygen atoms in total. The second kappa shape index (κ2) is 10.6. The van der Waals surface area contributed by atoms with E-state index in [9.17, 15) is 4.79 Å². The third-order valence-electron chi connectivity index (χ3n) is 5.18. The lowest BCUT2D eigenvalue weighted by atomic mass is 10.1. The minimum atomic E-state index is -0.0333. The van der Waals surface area contributed by atoms with Crippen molar-refractivity contribution in [3.8, 4) is 5.75 Å². The van der Waals surface area contributed by atoms with Crippen LogP contribution in [-0.4, -0.2) is 29.1 Å². The normalized spacial score (nSPS) is 11.0. The molecule has 0 radical (unpaired) electrons. The molecule has 154 valence electrons. The van der Waals surface area contributed by atoms with Gasteiger partial charge in [-0.05, 0) is 55.7 Å². The Morgan fingerprint density at radius 3 is 2.59 bits per heavy atom. The van der Waals surface area contributed by atoms with Crippen LogP contribution in [0.1, 0.15) is 55.2 Å². The Kier molecular flexibility index (Phi) is 7.68. The van der Waals surface area contributed by atoms with Crippen molar-refractivity contribution in [2.45, 2.75) is 52.0 Å². The topological polar surface area (TPSA) is 56.2 Å². The van der Waals surface area contributed by atoms with Crippen molar-refractivity contribution in [1.82, 2.24) is 14.9 Å². The molecule has 0 aliphatic rings. The second-order valence-electron chi connectivity index (χ2n) is 7.32. The molecule has 3 aromatic rings. The Hall–Kier alpha value is -2.82. The van der Waals surface area contributed by atoms with Gasteiger partial charge in [0, 0.05) is 25.1 Å². The molecule has 0 saturated heterocycles.